The molecule has 0 fully saturated rings. The second-order valence-electron chi connectivity index (χ2n) is 7.04. The molecule has 0 aliphatic heterocycles. The van der Waals surface area contributed by atoms with Gasteiger partial charge in [-0.05, 0) is 61.5 Å². The SMILES string of the molecule is CC[C@@H](C)NC(=O)Cc1ccc(-n2c(=S)[nH]c3cc(C(=O)OC)ccc3c2=O)cc1. The van der Waals surface area contributed by atoms with E-state index in [0.29, 0.717) is 22.2 Å². The van der Waals surface area contributed by atoms with E-state index in [4.69, 9.17) is 17.0 Å². The minimum Gasteiger partial charge on any atom is -0.465 e. The van der Waals surface area contributed by atoms with Crippen LogP contribution in [-0.4, -0.2) is 34.6 Å². The monoisotopic (exact) mass is 425 g/mol. The van der Waals surface area contributed by atoms with E-state index in [1.807, 2.05) is 13.8 Å². The number of fused-ring (bicyclic) bond motifs is 1. The fourth-order valence-electron chi connectivity index (χ4n) is 3.07. The van der Waals surface area contributed by atoms with E-state index in [1.54, 1.807) is 36.4 Å². The average molecular weight is 426 g/mol. The first-order valence-corrected chi connectivity index (χ1v) is 10.0. The standard InChI is InChI=1S/C22H23N3O4S/c1-4-13(2)23-19(26)11-14-5-8-16(9-6-14)25-20(27)17-10-7-15(21(28)29-3)12-18(17)24-22(25)30/h5-10,12-13H,4,11H2,1-3H3,(H,23,26)(H,24,30)/t13-/m1/s1. The van der Waals surface area contributed by atoms with Gasteiger partial charge in [-0.1, -0.05) is 19.1 Å². The van der Waals surface area contributed by atoms with Crippen LogP contribution in [0.2, 0.25) is 0 Å². The van der Waals surface area contributed by atoms with E-state index in [0.717, 1.165) is 12.0 Å². The molecule has 8 heteroatoms. The van der Waals surface area contributed by atoms with Gasteiger partial charge in [0.1, 0.15) is 0 Å². The Morgan fingerprint density at radius 2 is 1.90 bits per heavy atom. The number of esters is 1. The molecule has 0 spiro atoms. The number of H-pyrrole nitrogens is 1. The topological polar surface area (TPSA) is 93.2 Å². The van der Waals surface area contributed by atoms with E-state index in [-0.39, 0.29) is 28.7 Å². The smallest absolute Gasteiger partial charge is 0.337 e. The van der Waals surface area contributed by atoms with Crippen molar-refractivity contribution in [2.75, 3.05) is 7.11 Å². The van der Waals surface area contributed by atoms with Gasteiger partial charge in [0.2, 0.25) is 5.91 Å². The van der Waals surface area contributed by atoms with Crippen LogP contribution in [0.25, 0.3) is 16.6 Å². The van der Waals surface area contributed by atoms with Crippen molar-refractivity contribution >= 4 is 35.0 Å². The molecular formula is C22H23N3O4S. The number of methoxy groups -OCH3 is 1. The van der Waals surface area contributed by atoms with E-state index >= 15 is 0 Å². The number of carbonyl (C=O) groups is 2. The lowest BCUT2D eigenvalue weighted by molar-refractivity contribution is -0.121. The van der Waals surface area contributed by atoms with Gasteiger partial charge >= 0.3 is 5.97 Å². The van der Waals surface area contributed by atoms with Crippen LogP contribution in [0.15, 0.2) is 47.3 Å². The Morgan fingerprint density at radius 3 is 2.53 bits per heavy atom. The fourth-order valence-corrected chi connectivity index (χ4v) is 3.37. The number of hydrogen-bond acceptors (Lipinski definition) is 5. The minimum atomic E-state index is -0.492. The molecule has 1 atom stereocenters. The summed E-state index contributed by atoms with van der Waals surface area (Å²) in [4.78, 5) is 39.8. The van der Waals surface area contributed by atoms with Crippen molar-refractivity contribution in [3.05, 3.63) is 68.7 Å². The molecule has 0 aliphatic carbocycles. The van der Waals surface area contributed by atoms with Crippen LogP contribution in [0.5, 0.6) is 0 Å². The number of amides is 1. The lowest BCUT2D eigenvalue weighted by atomic mass is 10.1. The van der Waals surface area contributed by atoms with Crippen LogP contribution < -0.4 is 10.9 Å². The highest BCUT2D eigenvalue weighted by Gasteiger charge is 2.12. The number of nitrogens with zero attached hydrogens (tertiary/aromatic N) is 1. The summed E-state index contributed by atoms with van der Waals surface area (Å²) in [6.45, 7) is 3.98. The van der Waals surface area contributed by atoms with Gasteiger partial charge < -0.3 is 15.0 Å². The predicted molar refractivity (Wildman–Crippen MR) is 118 cm³/mol. The van der Waals surface area contributed by atoms with Crippen molar-refractivity contribution in [1.82, 2.24) is 14.9 Å². The number of rotatable bonds is 6. The molecule has 30 heavy (non-hydrogen) atoms. The third kappa shape index (κ3) is 4.49. The predicted octanol–water partition coefficient (Wildman–Crippen LogP) is 3.29. The Balaban J connectivity index is 1.93. The van der Waals surface area contributed by atoms with Crippen LogP contribution in [0.4, 0.5) is 0 Å². The Hall–Kier alpha value is -3.26. The third-order valence-corrected chi connectivity index (χ3v) is 5.18. The van der Waals surface area contributed by atoms with Crippen molar-refractivity contribution in [2.24, 2.45) is 0 Å². The first-order chi connectivity index (χ1) is 14.3. The van der Waals surface area contributed by atoms with E-state index in [9.17, 15) is 14.4 Å². The van der Waals surface area contributed by atoms with E-state index in [1.165, 1.54) is 17.7 Å². The maximum atomic E-state index is 13.0. The number of nitrogens with one attached hydrogen (secondary N) is 2. The molecule has 0 bridgehead atoms. The summed E-state index contributed by atoms with van der Waals surface area (Å²) in [6.07, 6.45) is 1.13. The molecule has 0 radical (unpaired) electrons. The van der Waals surface area contributed by atoms with Crippen LogP contribution in [-0.2, 0) is 16.0 Å². The Morgan fingerprint density at radius 1 is 1.20 bits per heavy atom. The lowest BCUT2D eigenvalue weighted by Crippen LogP contribution is -2.33. The van der Waals surface area contributed by atoms with Crippen molar-refractivity contribution in [3.8, 4) is 5.69 Å². The summed E-state index contributed by atoms with van der Waals surface area (Å²) >= 11 is 5.38. The largest absolute Gasteiger partial charge is 0.465 e. The van der Waals surface area contributed by atoms with Gasteiger partial charge in [0.15, 0.2) is 4.77 Å². The van der Waals surface area contributed by atoms with E-state index < -0.39 is 5.97 Å². The fraction of sp³-hybridized carbons (Fsp3) is 0.273. The van der Waals surface area contributed by atoms with Gasteiger partial charge in [0, 0.05) is 6.04 Å². The summed E-state index contributed by atoms with van der Waals surface area (Å²) in [5.41, 5.74) is 1.92. The minimum absolute atomic E-state index is 0.0429. The van der Waals surface area contributed by atoms with Crippen LogP contribution in [0.3, 0.4) is 0 Å². The third-order valence-electron chi connectivity index (χ3n) is 4.90. The van der Waals surface area contributed by atoms with Crippen molar-refractivity contribution in [2.45, 2.75) is 32.7 Å². The quantitative estimate of drug-likeness (QED) is 0.467. The summed E-state index contributed by atoms with van der Waals surface area (Å²) in [6, 6.07) is 11.9. The van der Waals surface area contributed by atoms with Gasteiger partial charge in [-0.15, -0.1) is 0 Å². The molecule has 1 heterocycles. The molecule has 156 valence electrons. The zero-order chi connectivity index (χ0) is 21.8. The zero-order valence-corrected chi connectivity index (χ0v) is 17.8. The first-order valence-electron chi connectivity index (χ1n) is 9.60. The van der Waals surface area contributed by atoms with Gasteiger partial charge in [-0.2, -0.15) is 0 Å². The summed E-state index contributed by atoms with van der Waals surface area (Å²) in [5.74, 6) is -0.535. The van der Waals surface area contributed by atoms with Crippen LogP contribution in [0, 0.1) is 4.77 Å². The molecule has 3 aromatic rings. The van der Waals surface area contributed by atoms with Crippen molar-refractivity contribution in [1.29, 1.82) is 0 Å². The Kier molecular flexibility index (Phi) is 6.47. The molecule has 1 aromatic heterocycles. The number of aromatic amines is 1. The number of ether oxygens (including phenoxy) is 1. The summed E-state index contributed by atoms with van der Waals surface area (Å²) in [5, 5.41) is 3.33. The average Bonchev–Trinajstić information content (AvgIpc) is 2.73. The van der Waals surface area contributed by atoms with Gasteiger partial charge in [0.05, 0.1) is 35.7 Å². The van der Waals surface area contributed by atoms with Crippen molar-refractivity contribution in [3.63, 3.8) is 0 Å². The highest BCUT2D eigenvalue weighted by Crippen LogP contribution is 2.15. The normalized spacial score (nSPS) is 11.8. The van der Waals surface area contributed by atoms with Gasteiger partial charge in [-0.25, -0.2) is 4.79 Å². The second kappa shape index (κ2) is 9.04. The Labute approximate surface area is 178 Å². The summed E-state index contributed by atoms with van der Waals surface area (Å²) in [7, 11) is 1.30. The van der Waals surface area contributed by atoms with Crippen LogP contribution in [0.1, 0.15) is 36.2 Å². The summed E-state index contributed by atoms with van der Waals surface area (Å²) < 4.78 is 6.31. The number of aromatic nitrogens is 2. The molecule has 3 rings (SSSR count). The Bertz CT molecular complexity index is 1210. The first kappa shape index (κ1) is 21.4. The maximum Gasteiger partial charge on any atom is 0.337 e. The molecule has 0 aliphatic rings. The maximum absolute atomic E-state index is 13.0. The number of carbonyl (C=O) groups excluding carboxylic acids is 2. The molecule has 0 saturated heterocycles. The number of hydrogen-bond donors (Lipinski definition) is 2. The zero-order valence-electron chi connectivity index (χ0n) is 17.0. The van der Waals surface area contributed by atoms with Crippen LogP contribution >= 0.6 is 12.2 Å². The molecule has 0 saturated carbocycles. The molecule has 2 aromatic carbocycles. The molecule has 7 nitrogen and oxygen atoms in total. The molecule has 1 amide bonds. The van der Waals surface area contributed by atoms with Gasteiger partial charge in [0.25, 0.3) is 5.56 Å². The van der Waals surface area contributed by atoms with Gasteiger partial charge in [-0.3, -0.25) is 14.2 Å². The second-order valence-corrected chi connectivity index (χ2v) is 7.43. The number of benzene rings is 2. The highest BCUT2D eigenvalue weighted by molar-refractivity contribution is 7.71. The molecular weight excluding hydrogens is 402 g/mol. The molecule has 0 unspecified atom stereocenters. The lowest BCUT2D eigenvalue weighted by Gasteiger charge is -2.12. The highest BCUT2D eigenvalue weighted by atomic mass is 32.1. The molecule has 2 N–H and O–H groups in total. The van der Waals surface area contributed by atoms with E-state index in [2.05, 4.69) is 10.3 Å². The van der Waals surface area contributed by atoms with Crippen molar-refractivity contribution < 1.29 is 14.3 Å².